The van der Waals surface area contributed by atoms with Gasteiger partial charge in [-0.3, -0.25) is 4.57 Å². The number of rotatable bonds is 6. The lowest BCUT2D eigenvalue weighted by molar-refractivity contribution is 0.128. The fourth-order valence-electron chi connectivity index (χ4n) is 1.53. The highest BCUT2D eigenvalue weighted by Gasteiger charge is 2.50. The van der Waals surface area contributed by atoms with Crippen LogP contribution < -0.4 is 0 Å². The van der Waals surface area contributed by atoms with E-state index in [1.807, 2.05) is 0 Å². The van der Waals surface area contributed by atoms with Gasteiger partial charge in [-0.15, -0.1) is 11.3 Å². The Hall–Kier alpha value is -0.630. The maximum absolute atomic E-state index is 12.5. The van der Waals surface area contributed by atoms with Gasteiger partial charge in [0, 0.05) is 20.6 Å². The fraction of sp³-hybridized carbons (Fsp3) is 0.538. The summed E-state index contributed by atoms with van der Waals surface area (Å²) in [5.41, 5.74) is 0. The molecule has 1 N–H and O–H groups in total. The average Bonchev–Trinajstić information content (AvgIpc) is 2.97. The van der Waals surface area contributed by atoms with Crippen LogP contribution in [0.15, 0.2) is 17.5 Å². The zero-order valence-corrected chi connectivity index (χ0v) is 13.1. The van der Waals surface area contributed by atoms with Crippen LogP contribution in [-0.2, 0) is 19.0 Å². The van der Waals surface area contributed by atoms with Crippen LogP contribution in [0.5, 0.6) is 0 Å². The largest absolute Gasteiger partial charge is 0.379 e. The molecule has 4 nitrogen and oxygen atoms in total. The number of hydrogen-bond acceptors (Lipinski definition) is 5. The van der Waals surface area contributed by atoms with E-state index in [-0.39, 0.29) is 0 Å². The molecule has 1 aromatic heterocycles. The molecule has 0 aliphatic rings. The van der Waals surface area contributed by atoms with Crippen LogP contribution in [-0.4, -0.2) is 19.3 Å². The highest BCUT2D eigenvalue weighted by molar-refractivity contribution is 7.55. The van der Waals surface area contributed by atoms with Crippen molar-refractivity contribution in [2.45, 2.75) is 31.5 Å². The molecule has 0 amide bonds. The topological polar surface area (TPSA) is 55.8 Å². The molecular weight excluding hydrogens is 283 g/mol. The van der Waals surface area contributed by atoms with Crippen LogP contribution in [0, 0.1) is 11.8 Å². The predicted molar refractivity (Wildman–Crippen MR) is 77.1 cm³/mol. The third-order valence-corrected chi connectivity index (χ3v) is 5.90. The van der Waals surface area contributed by atoms with Crippen molar-refractivity contribution in [2.24, 2.45) is 0 Å². The van der Waals surface area contributed by atoms with E-state index in [2.05, 4.69) is 18.8 Å². The van der Waals surface area contributed by atoms with E-state index in [1.54, 1.807) is 17.5 Å². The second-order valence-electron chi connectivity index (χ2n) is 3.92. The van der Waals surface area contributed by atoms with Crippen LogP contribution in [0.2, 0.25) is 0 Å². The molecular formula is C13H19O4PS. The summed E-state index contributed by atoms with van der Waals surface area (Å²) in [6.07, 6.45) is 2.58. The van der Waals surface area contributed by atoms with Crippen LogP contribution in [0.1, 0.15) is 31.1 Å². The molecule has 0 saturated carbocycles. The summed E-state index contributed by atoms with van der Waals surface area (Å²) in [7, 11) is -1.25. The van der Waals surface area contributed by atoms with Crippen LogP contribution in [0.25, 0.3) is 0 Å². The second kappa shape index (κ2) is 7.23. The molecule has 19 heavy (non-hydrogen) atoms. The maximum atomic E-state index is 12.5. The van der Waals surface area contributed by atoms with E-state index in [4.69, 9.17) is 9.05 Å². The Morgan fingerprint density at radius 1 is 1.47 bits per heavy atom. The minimum atomic E-state index is -3.75. The van der Waals surface area contributed by atoms with Crippen molar-refractivity contribution in [3.8, 4) is 11.8 Å². The van der Waals surface area contributed by atoms with Gasteiger partial charge in [0.25, 0.3) is 5.34 Å². The molecule has 0 bridgehead atoms. The highest BCUT2D eigenvalue weighted by Crippen LogP contribution is 2.63. The van der Waals surface area contributed by atoms with E-state index in [0.29, 0.717) is 11.3 Å². The Labute approximate surface area is 118 Å². The highest BCUT2D eigenvalue weighted by atomic mass is 32.1. The fourth-order valence-corrected chi connectivity index (χ4v) is 3.94. The smallest absolute Gasteiger partial charge is 0.363 e. The minimum absolute atomic E-state index is 0.462. The van der Waals surface area contributed by atoms with Crippen molar-refractivity contribution in [3.05, 3.63) is 22.4 Å². The Kier molecular flexibility index (Phi) is 6.25. The first-order valence-corrected chi connectivity index (χ1v) is 8.44. The Morgan fingerprint density at radius 2 is 2.16 bits per heavy atom. The van der Waals surface area contributed by atoms with Gasteiger partial charge in [-0.25, -0.2) is 0 Å². The zero-order valence-electron chi connectivity index (χ0n) is 11.4. The molecule has 1 unspecified atom stereocenters. The number of aliphatic hydroxyl groups is 1. The molecule has 0 spiro atoms. The lowest BCUT2D eigenvalue weighted by Gasteiger charge is -2.27. The summed E-state index contributed by atoms with van der Waals surface area (Å²) in [5.74, 6) is 5.54. The first-order valence-electron chi connectivity index (χ1n) is 6.02. The minimum Gasteiger partial charge on any atom is -0.363 e. The van der Waals surface area contributed by atoms with Crippen molar-refractivity contribution in [2.75, 3.05) is 14.2 Å². The van der Waals surface area contributed by atoms with Gasteiger partial charge in [-0.1, -0.05) is 25.3 Å². The number of hydrogen-bond donors (Lipinski definition) is 1. The third-order valence-electron chi connectivity index (χ3n) is 2.66. The zero-order chi connectivity index (χ0) is 14.4. The summed E-state index contributed by atoms with van der Waals surface area (Å²) in [6, 6.07) is 3.43. The SMILES string of the molecule is CCCCC#CC(O)(c1cccs1)P(=O)(OC)OC. The van der Waals surface area contributed by atoms with E-state index >= 15 is 0 Å². The Bertz CT molecular complexity index is 480. The van der Waals surface area contributed by atoms with Crippen LogP contribution in [0.4, 0.5) is 0 Å². The first-order chi connectivity index (χ1) is 9.04. The molecule has 0 fully saturated rings. The normalized spacial score (nSPS) is 14.5. The molecule has 1 atom stereocenters. The Balaban J connectivity index is 3.17. The molecule has 1 heterocycles. The number of unbranched alkanes of at least 4 members (excludes halogenated alkanes) is 2. The van der Waals surface area contributed by atoms with Crippen molar-refractivity contribution in [1.82, 2.24) is 0 Å². The molecule has 106 valence electrons. The summed E-state index contributed by atoms with van der Waals surface area (Å²) in [4.78, 5) is 0.462. The van der Waals surface area contributed by atoms with Gasteiger partial charge in [0.1, 0.15) is 0 Å². The van der Waals surface area contributed by atoms with Crippen molar-refractivity contribution in [3.63, 3.8) is 0 Å². The van der Waals surface area contributed by atoms with Gasteiger partial charge in [0.15, 0.2) is 0 Å². The summed E-state index contributed by atoms with van der Waals surface area (Å²) >= 11 is 1.27. The molecule has 0 saturated heterocycles. The van der Waals surface area contributed by atoms with Gasteiger partial charge in [0.2, 0.25) is 0 Å². The number of thiophene rings is 1. The quantitative estimate of drug-likeness (QED) is 0.496. The molecule has 1 rings (SSSR count). The van der Waals surface area contributed by atoms with Gasteiger partial charge in [-0.2, -0.15) is 0 Å². The monoisotopic (exact) mass is 302 g/mol. The van der Waals surface area contributed by atoms with E-state index in [9.17, 15) is 9.67 Å². The van der Waals surface area contributed by atoms with Gasteiger partial charge in [0.05, 0.1) is 4.88 Å². The van der Waals surface area contributed by atoms with Gasteiger partial charge in [-0.05, 0) is 23.8 Å². The summed E-state index contributed by atoms with van der Waals surface area (Å²) in [6.45, 7) is 2.06. The second-order valence-corrected chi connectivity index (χ2v) is 7.24. The molecule has 0 aliphatic carbocycles. The lowest BCUT2D eigenvalue weighted by atomic mass is 10.2. The van der Waals surface area contributed by atoms with E-state index in [1.165, 1.54) is 25.6 Å². The van der Waals surface area contributed by atoms with Crippen molar-refractivity contribution >= 4 is 18.9 Å². The summed E-state index contributed by atoms with van der Waals surface area (Å²) in [5, 5.41) is 10.6. The third kappa shape index (κ3) is 3.47. The van der Waals surface area contributed by atoms with Crippen LogP contribution in [0.3, 0.4) is 0 Å². The molecule has 0 aromatic carbocycles. The molecule has 1 aromatic rings. The predicted octanol–water partition coefficient (Wildman–Crippen LogP) is 3.57. The average molecular weight is 302 g/mol. The van der Waals surface area contributed by atoms with Crippen LogP contribution >= 0.6 is 18.9 Å². The lowest BCUT2D eigenvalue weighted by Crippen LogP contribution is -2.24. The van der Waals surface area contributed by atoms with Crippen molar-refractivity contribution < 1.29 is 18.7 Å². The summed E-state index contributed by atoms with van der Waals surface area (Å²) < 4.78 is 22.4. The maximum Gasteiger partial charge on any atom is 0.379 e. The standard InChI is InChI=1S/C13H19O4PS/c1-4-5-6-7-10-13(14,12-9-8-11-19-12)18(15,16-2)17-3/h8-9,11,14H,4-6H2,1-3H3. The van der Waals surface area contributed by atoms with E-state index in [0.717, 1.165) is 12.8 Å². The molecule has 0 radical (unpaired) electrons. The van der Waals surface area contributed by atoms with Gasteiger partial charge >= 0.3 is 7.60 Å². The molecule has 0 aliphatic heterocycles. The van der Waals surface area contributed by atoms with E-state index < -0.39 is 12.9 Å². The van der Waals surface area contributed by atoms with Crippen molar-refractivity contribution in [1.29, 1.82) is 0 Å². The first kappa shape index (κ1) is 16.4. The Morgan fingerprint density at radius 3 is 2.63 bits per heavy atom. The van der Waals surface area contributed by atoms with Gasteiger partial charge < -0.3 is 14.2 Å². The molecule has 6 heteroatoms.